The first-order valence-electron chi connectivity index (χ1n) is 6.78. The molecule has 94 valence electrons. The van der Waals surface area contributed by atoms with Gasteiger partial charge in [-0.15, -0.1) is 0 Å². The highest BCUT2D eigenvalue weighted by atomic mass is 15.1. The molecule has 0 spiro atoms. The zero-order chi connectivity index (χ0) is 12.1. The first kappa shape index (κ1) is 12.3. The zero-order valence-corrected chi connectivity index (χ0v) is 11.1. The molecule has 1 aromatic carbocycles. The van der Waals surface area contributed by atoms with Crippen LogP contribution in [0.3, 0.4) is 0 Å². The second kappa shape index (κ2) is 5.95. The summed E-state index contributed by atoms with van der Waals surface area (Å²) in [5, 5.41) is 3.15. The van der Waals surface area contributed by atoms with E-state index in [0.717, 1.165) is 5.92 Å². The molecule has 0 aromatic heterocycles. The quantitative estimate of drug-likeness (QED) is 0.832. The fourth-order valence-electron chi connectivity index (χ4n) is 2.69. The Labute approximate surface area is 105 Å². The van der Waals surface area contributed by atoms with E-state index in [9.17, 15) is 0 Å². The molecule has 1 saturated carbocycles. The summed E-state index contributed by atoms with van der Waals surface area (Å²) in [5.74, 6) is 0.981. The third-order valence-corrected chi connectivity index (χ3v) is 3.94. The van der Waals surface area contributed by atoms with Crippen LogP contribution in [0.5, 0.6) is 0 Å². The van der Waals surface area contributed by atoms with Gasteiger partial charge in [-0.2, -0.15) is 0 Å². The third kappa shape index (κ3) is 3.39. The monoisotopic (exact) mass is 232 g/mol. The van der Waals surface area contributed by atoms with E-state index < -0.39 is 0 Å². The number of nitrogens with one attached hydrogen (secondary N) is 1. The topological polar surface area (TPSA) is 15.3 Å². The number of benzene rings is 1. The van der Waals surface area contributed by atoms with Crippen molar-refractivity contribution in [3.05, 3.63) is 24.3 Å². The summed E-state index contributed by atoms with van der Waals surface area (Å²) in [5.41, 5.74) is 2.50. The highest BCUT2D eigenvalue weighted by Gasteiger charge is 2.15. The summed E-state index contributed by atoms with van der Waals surface area (Å²) in [6, 6.07) is 8.67. The Morgan fingerprint density at radius 3 is 2.41 bits per heavy atom. The molecule has 0 radical (unpaired) electrons. The molecule has 0 atom stereocenters. The van der Waals surface area contributed by atoms with Gasteiger partial charge in [0, 0.05) is 32.0 Å². The second-order valence-electron chi connectivity index (χ2n) is 5.16. The van der Waals surface area contributed by atoms with Crippen molar-refractivity contribution in [2.24, 2.45) is 5.92 Å². The number of anilines is 2. The van der Waals surface area contributed by atoms with Gasteiger partial charge in [0.05, 0.1) is 0 Å². The average Bonchev–Trinajstić information content (AvgIpc) is 2.89. The van der Waals surface area contributed by atoms with E-state index in [1.807, 2.05) is 7.05 Å². The van der Waals surface area contributed by atoms with E-state index in [0.29, 0.717) is 0 Å². The predicted molar refractivity (Wildman–Crippen MR) is 75.8 cm³/mol. The molecule has 0 bridgehead atoms. The molecule has 0 amide bonds. The molecule has 1 aliphatic rings. The number of hydrogen-bond acceptors (Lipinski definition) is 2. The summed E-state index contributed by atoms with van der Waals surface area (Å²) in [6.45, 7) is 1.18. The fraction of sp³-hybridized carbons (Fsp3) is 0.600. The lowest BCUT2D eigenvalue weighted by Crippen LogP contribution is -2.20. The smallest absolute Gasteiger partial charge is 0.0365 e. The lowest BCUT2D eigenvalue weighted by molar-refractivity contribution is 0.505. The Morgan fingerprint density at radius 1 is 1.18 bits per heavy atom. The van der Waals surface area contributed by atoms with E-state index in [2.05, 4.69) is 41.5 Å². The van der Waals surface area contributed by atoms with Gasteiger partial charge in [-0.05, 0) is 36.6 Å². The minimum absolute atomic E-state index is 0.981. The maximum atomic E-state index is 3.15. The van der Waals surface area contributed by atoms with E-state index in [1.54, 1.807) is 0 Å². The molecular weight excluding hydrogens is 208 g/mol. The van der Waals surface area contributed by atoms with Gasteiger partial charge in [0.25, 0.3) is 0 Å². The van der Waals surface area contributed by atoms with Crippen LogP contribution in [-0.4, -0.2) is 20.6 Å². The van der Waals surface area contributed by atoms with Crippen LogP contribution in [-0.2, 0) is 0 Å². The molecular formula is C15H24N2. The van der Waals surface area contributed by atoms with Gasteiger partial charge in [-0.3, -0.25) is 0 Å². The lowest BCUT2D eigenvalue weighted by Gasteiger charge is -2.21. The lowest BCUT2D eigenvalue weighted by atomic mass is 10.0. The number of hydrogen-bond donors (Lipinski definition) is 1. The van der Waals surface area contributed by atoms with E-state index in [1.165, 1.54) is 50.0 Å². The van der Waals surface area contributed by atoms with Gasteiger partial charge in [-0.1, -0.05) is 25.7 Å². The SMILES string of the molecule is CNc1ccc(N(C)CCC2CCCC2)cc1. The molecule has 1 aliphatic carbocycles. The summed E-state index contributed by atoms with van der Waals surface area (Å²) in [6.07, 6.45) is 7.15. The van der Waals surface area contributed by atoms with Crippen LogP contribution in [0.15, 0.2) is 24.3 Å². The molecule has 1 aromatic rings. The molecule has 1 fully saturated rings. The summed E-state index contributed by atoms with van der Waals surface area (Å²) in [4.78, 5) is 2.37. The van der Waals surface area contributed by atoms with Crippen molar-refractivity contribution in [1.29, 1.82) is 0 Å². The van der Waals surface area contributed by atoms with Crippen LogP contribution in [0, 0.1) is 5.92 Å². The van der Waals surface area contributed by atoms with Crippen molar-refractivity contribution in [2.75, 3.05) is 30.9 Å². The molecule has 0 aliphatic heterocycles. The Hall–Kier alpha value is -1.18. The van der Waals surface area contributed by atoms with Crippen LogP contribution in [0.1, 0.15) is 32.1 Å². The Morgan fingerprint density at radius 2 is 1.82 bits per heavy atom. The molecule has 17 heavy (non-hydrogen) atoms. The molecule has 2 rings (SSSR count). The maximum absolute atomic E-state index is 3.15. The van der Waals surface area contributed by atoms with Gasteiger partial charge in [0.15, 0.2) is 0 Å². The Balaban J connectivity index is 1.83. The normalized spacial score (nSPS) is 16.1. The van der Waals surface area contributed by atoms with Crippen LogP contribution < -0.4 is 10.2 Å². The minimum atomic E-state index is 0.981. The molecule has 1 N–H and O–H groups in total. The molecule has 0 unspecified atom stereocenters. The van der Waals surface area contributed by atoms with E-state index >= 15 is 0 Å². The van der Waals surface area contributed by atoms with Crippen LogP contribution in [0.25, 0.3) is 0 Å². The summed E-state index contributed by atoms with van der Waals surface area (Å²) >= 11 is 0. The number of nitrogens with zero attached hydrogens (tertiary/aromatic N) is 1. The maximum Gasteiger partial charge on any atom is 0.0365 e. The summed E-state index contributed by atoms with van der Waals surface area (Å²) < 4.78 is 0. The Kier molecular flexibility index (Phi) is 4.29. The fourth-order valence-corrected chi connectivity index (χ4v) is 2.69. The molecule has 2 heteroatoms. The van der Waals surface area contributed by atoms with Crippen molar-refractivity contribution in [3.63, 3.8) is 0 Å². The summed E-state index contributed by atoms with van der Waals surface area (Å²) in [7, 11) is 4.15. The minimum Gasteiger partial charge on any atom is -0.388 e. The zero-order valence-electron chi connectivity index (χ0n) is 11.1. The van der Waals surface area contributed by atoms with Crippen molar-refractivity contribution >= 4 is 11.4 Å². The average molecular weight is 232 g/mol. The van der Waals surface area contributed by atoms with Gasteiger partial charge >= 0.3 is 0 Å². The predicted octanol–water partition coefficient (Wildman–Crippen LogP) is 3.74. The van der Waals surface area contributed by atoms with E-state index in [-0.39, 0.29) is 0 Å². The highest BCUT2D eigenvalue weighted by molar-refractivity contribution is 5.54. The van der Waals surface area contributed by atoms with Gasteiger partial charge < -0.3 is 10.2 Å². The third-order valence-electron chi connectivity index (χ3n) is 3.94. The van der Waals surface area contributed by atoms with Gasteiger partial charge in [-0.25, -0.2) is 0 Å². The van der Waals surface area contributed by atoms with Crippen molar-refractivity contribution in [3.8, 4) is 0 Å². The number of rotatable bonds is 5. The van der Waals surface area contributed by atoms with Crippen LogP contribution >= 0.6 is 0 Å². The second-order valence-corrected chi connectivity index (χ2v) is 5.16. The largest absolute Gasteiger partial charge is 0.388 e. The Bertz CT molecular complexity index is 325. The standard InChI is InChI=1S/C15H24N2/c1-16-14-7-9-15(10-8-14)17(2)12-11-13-5-3-4-6-13/h7-10,13,16H,3-6,11-12H2,1-2H3. The van der Waals surface area contributed by atoms with Gasteiger partial charge in [0.2, 0.25) is 0 Å². The molecule has 0 heterocycles. The first-order valence-corrected chi connectivity index (χ1v) is 6.78. The van der Waals surface area contributed by atoms with Crippen molar-refractivity contribution in [2.45, 2.75) is 32.1 Å². The first-order chi connectivity index (χ1) is 8.29. The molecule has 2 nitrogen and oxygen atoms in total. The van der Waals surface area contributed by atoms with Crippen molar-refractivity contribution < 1.29 is 0 Å². The molecule has 0 saturated heterocycles. The van der Waals surface area contributed by atoms with Crippen LogP contribution in [0.2, 0.25) is 0 Å². The van der Waals surface area contributed by atoms with Gasteiger partial charge in [0.1, 0.15) is 0 Å². The van der Waals surface area contributed by atoms with Crippen LogP contribution in [0.4, 0.5) is 11.4 Å². The van der Waals surface area contributed by atoms with E-state index in [4.69, 9.17) is 0 Å². The van der Waals surface area contributed by atoms with Crippen molar-refractivity contribution in [1.82, 2.24) is 0 Å². The highest BCUT2D eigenvalue weighted by Crippen LogP contribution is 2.28.